The molecule has 0 aliphatic heterocycles. The van der Waals surface area contributed by atoms with Crippen molar-refractivity contribution >= 4 is 32.3 Å². The number of non-ortho nitro benzene ring substituents is 1. The number of pyridine rings is 1. The number of anilines is 1. The smallest absolute Gasteiger partial charge is 0.279 e. The van der Waals surface area contributed by atoms with Crippen LogP contribution in [0.3, 0.4) is 0 Å². The average Bonchev–Trinajstić information content (AvgIpc) is 2.60. The van der Waals surface area contributed by atoms with Crippen LogP contribution in [0.5, 0.6) is 0 Å². The molecule has 7 nitrogen and oxygen atoms in total. The highest BCUT2D eigenvalue weighted by Crippen LogP contribution is 2.34. The van der Waals surface area contributed by atoms with Crippen LogP contribution in [0, 0.1) is 10.1 Å². The Hall–Kier alpha value is -3.21. The van der Waals surface area contributed by atoms with Gasteiger partial charge in [-0.2, -0.15) is 13.2 Å². The van der Waals surface area contributed by atoms with Crippen molar-refractivity contribution in [1.29, 1.82) is 0 Å². The number of hydrogen-bond donors (Lipinski definition) is 1. The first-order valence-electron chi connectivity index (χ1n) is 7.32. The second kappa shape index (κ2) is 6.50. The van der Waals surface area contributed by atoms with Gasteiger partial charge in [-0.25, -0.2) is 13.4 Å². The molecule has 0 aliphatic carbocycles. The molecular formula is C16H10F3N3O4S. The highest BCUT2D eigenvalue weighted by molar-refractivity contribution is 7.92. The fraction of sp³-hybridized carbons (Fsp3) is 0.0625. The Labute approximate surface area is 150 Å². The van der Waals surface area contributed by atoms with E-state index in [0.717, 1.165) is 24.3 Å². The molecule has 3 rings (SSSR count). The number of nitrogens with zero attached hydrogens (tertiary/aromatic N) is 2. The third kappa shape index (κ3) is 3.82. The zero-order valence-corrected chi connectivity index (χ0v) is 14.1. The number of halogens is 3. The zero-order valence-electron chi connectivity index (χ0n) is 13.3. The molecule has 3 aromatic rings. The first-order chi connectivity index (χ1) is 12.6. The summed E-state index contributed by atoms with van der Waals surface area (Å²) in [6.45, 7) is 0. The molecule has 0 spiro atoms. The summed E-state index contributed by atoms with van der Waals surface area (Å²) in [5.41, 5.74) is -1.90. The lowest BCUT2D eigenvalue weighted by Gasteiger charge is -2.14. The van der Waals surface area contributed by atoms with E-state index in [9.17, 15) is 31.7 Å². The fourth-order valence-electron chi connectivity index (χ4n) is 2.36. The summed E-state index contributed by atoms with van der Waals surface area (Å²) in [4.78, 5) is 13.1. The second-order valence-corrected chi connectivity index (χ2v) is 7.11. The van der Waals surface area contributed by atoms with Crippen molar-refractivity contribution in [2.24, 2.45) is 0 Å². The minimum absolute atomic E-state index is 0.0336. The summed E-state index contributed by atoms with van der Waals surface area (Å²) >= 11 is 0. The van der Waals surface area contributed by atoms with Crippen molar-refractivity contribution in [1.82, 2.24) is 4.98 Å². The highest BCUT2D eigenvalue weighted by atomic mass is 32.2. The third-order valence-corrected chi connectivity index (χ3v) is 4.99. The molecule has 0 atom stereocenters. The van der Waals surface area contributed by atoms with E-state index in [4.69, 9.17) is 0 Å². The quantitative estimate of drug-likeness (QED) is 0.530. The maximum absolute atomic E-state index is 13.1. The number of rotatable bonds is 4. The lowest BCUT2D eigenvalue weighted by Crippen LogP contribution is -2.15. The fourth-order valence-corrected chi connectivity index (χ4v) is 3.43. The van der Waals surface area contributed by atoms with Gasteiger partial charge in [0.15, 0.2) is 0 Å². The molecule has 0 amide bonds. The number of alkyl halides is 3. The van der Waals surface area contributed by atoms with Crippen LogP contribution in [0.4, 0.5) is 24.5 Å². The van der Waals surface area contributed by atoms with Crippen molar-refractivity contribution in [3.05, 3.63) is 70.4 Å². The van der Waals surface area contributed by atoms with Gasteiger partial charge in [0, 0.05) is 17.5 Å². The monoisotopic (exact) mass is 397 g/mol. The molecule has 140 valence electrons. The largest absolute Gasteiger partial charge is 0.433 e. The van der Waals surface area contributed by atoms with E-state index in [1.165, 1.54) is 24.3 Å². The Morgan fingerprint density at radius 2 is 1.67 bits per heavy atom. The number of benzene rings is 2. The van der Waals surface area contributed by atoms with Crippen LogP contribution in [0.2, 0.25) is 0 Å². The van der Waals surface area contributed by atoms with Crippen LogP contribution >= 0.6 is 0 Å². The zero-order chi connectivity index (χ0) is 19.8. The standard InChI is InChI=1S/C16H10F3N3O4S/c17-16(18,19)15-9-14(12-3-1-2-4-13(12)20-15)21-27(25,26)11-7-5-10(6-8-11)22(23)24/h1-9H,(H,20,21). The van der Waals surface area contributed by atoms with Crippen LogP contribution in [0.25, 0.3) is 10.9 Å². The van der Waals surface area contributed by atoms with E-state index >= 15 is 0 Å². The molecule has 1 heterocycles. The summed E-state index contributed by atoms with van der Waals surface area (Å²) in [5.74, 6) is 0. The maximum Gasteiger partial charge on any atom is 0.433 e. The molecule has 11 heteroatoms. The molecule has 27 heavy (non-hydrogen) atoms. The van der Waals surface area contributed by atoms with Gasteiger partial charge in [0.2, 0.25) is 0 Å². The number of nitro benzene ring substituents is 1. The minimum atomic E-state index is -4.77. The lowest BCUT2D eigenvalue weighted by molar-refractivity contribution is -0.384. The van der Waals surface area contributed by atoms with Gasteiger partial charge in [-0.3, -0.25) is 14.8 Å². The lowest BCUT2D eigenvalue weighted by atomic mass is 10.1. The molecule has 0 fully saturated rings. The average molecular weight is 397 g/mol. The SMILES string of the molecule is O=[N+]([O-])c1ccc(S(=O)(=O)Nc2cc(C(F)(F)F)nc3ccccc23)cc1. The van der Waals surface area contributed by atoms with Gasteiger partial charge >= 0.3 is 6.18 Å². The highest BCUT2D eigenvalue weighted by Gasteiger charge is 2.34. The molecular weight excluding hydrogens is 387 g/mol. The van der Waals surface area contributed by atoms with E-state index in [1.54, 1.807) is 0 Å². The molecule has 0 radical (unpaired) electrons. The molecule has 1 N–H and O–H groups in total. The normalized spacial score (nSPS) is 12.1. The predicted octanol–water partition coefficient (Wildman–Crippen LogP) is 3.96. The van der Waals surface area contributed by atoms with Crippen LogP contribution < -0.4 is 4.72 Å². The van der Waals surface area contributed by atoms with Gasteiger partial charge < -0.3 is 0 Å². The number of nitrogens with one attached hydrogen (secondary N) is 1. The van der Waals surface area contributed by atoms with Gasteiger partial charge in [-0.15, -0.1) is 0 Å². The van der Waals surface area contributed by atoms with E-state index < -0.39 is 26.8 Å². The Morgan fingerprint density at radius 3 is 2.26 bits per heavy atom. The number of hydrogen-bond acceptors (Lipinski definition) is 5. The molecule has 1 aromatic heterocycles. The summed E-state index contributed by atoms with van der Waals surface area (Å²) in [7, 11) is -4.28. The molecule has 0 saturated carbocycles. The maximum atomic E-state index is 13.1. The second-order valence-electron chi connectivity index (χ2n) is 5.43. The Bertz CT molecular complexity index is 1130. The van der Waals surface area contributed by atoms with Crippen molar-refractivity contribution < 1.29 is 26.5 Å². The molecule has 0 bridgehead atoms. The van der Waals surface area contributed by atoms with Crippen molar-refractivity contribution in [2.45, 2.75) is 11.1 Å². The summed E-state index contributed by atoms with van der Waals surface area (Å²) in [6.07, 6.45) is -4.77. The molecule has 0 saturated heterocycles. The van der Waals surface area contributed by atoms with Crippen molar-refractivity contribution in [3.63, 3.8) is 0 Å². The summed E-state index contributed by atoms with van der Waals surface area (Å²) in [6, 6.07) is 10.3. The molecule has 2 aromatic carbocycles. The predicted molar refractivity (Wildman–Crippen MR) is 90.6 cm³/mol. The van der Waals surface area contributed by atoms with E-state index in [0.29, 0.717) is 6.07 Å². The number of para-hydroxylation sites is 1. The number of fused-ring (bicyclic) bond motifs is 1. The number of aromatic nitrogens is 1. The van der Waals surface area contributed by atoms with Gasteiger partial charge in [-0.1, -0.05) is 18.2 Å². The molecule has 0 unspecified atom stereocenters. The Morgan fingerprint density at radius 1 is 1.04 bits per heavy atom. The van der Waals surface area contributed by atoms with E-state index in [-0.39, 0.29) is 27.2 Å². The van der Waals surface area contributed by atoms with Crippen LogP contribution in [0.1, 0.15) is 5.69 Å². The number of nitro groups is 1. The van der Waals surface area contributed by atoms with E-state index in [1.807, 2.05) is 0 Å². The first kappa shape index (κ1) is 18.6. The third-order valence-electron chi connectivity index (χ3n) is 3.61. The van der Waals surface area contributed by atoms with Crippen molar-refractivity contribution in [2.75, 3.05) is 4.72 Å². The van der Waals surface area contributed by atoms with Crippen LogP contribution in [-0.2, 0) is 16.2 Å². The van der Waals surface area contributed by atoms with Gasteiger partial charge in [-0.05, 0) is 24.3 Å². The van der Waals surface area contributed by atoms with Gasteiger partial charge in [0.1, 0.15) is 5.69 Å². The van der Waals surface area contributed by atoms with Gasteiger partial charge in [0.05, 0.1) is 21.0 Å². The first-order valence-corrected chi connectivity index (χ1v) is 8.80. The summed E-state index contributed by atoms with van der Waals surface area (Å²) < 4.78 is 66.3. The minimum Gasteiger partial charge on any atom is -0.279 e. The number of sulfonamides is 1. The van der Waals surface area contributed by atoms with Crippen LogP contribution in [-0.4, -0.2) is 18.3 Å². The Balaban J connectivity index is 2.08. The Kier molecular flexibility index (Phi) is 4.47. The van der Waals surface area contributed by atoms with Crippen molar-refractivity contribution in [3.8, 4) is 0 Å². The summed E-state index contributed by atoms with van der Waals surface area (Å²) in [5, 5.41) is 10.8. The van der Waals surface area contributed by atoms with E-state index in [2.05, 4.69) is 9.71 Å². The molecule has 0 aliphatic rings. The van der Waals surface area contributed by atoms with Crippen LogP contribution in [0.15, 0.2) is 59.5 Å². The topological polar surface area (TPSA) is 102 Å². The van der Waals surface area contributed by atoms with Gasteiger partial charge in [0.25, 0.3) is 15.7 Å².